The number of amides is 2. The highest BCUT2D eigenvalue weighted by molar-refractivity contribution is 7.85. The number of anilines is 2. The minimum absolute atomic E-state index is 0.0797. The Bertz CT molecular complexity index is 4100. The van der Waals surface area contributed by atoms with E-state index in [-0.39, 0.29) is 44.9 Å². The van der Waals surface area contributed by atoms with Crippen LogP contribution >= 0.6 is 0 Å². The van der Waals surface area contributed by atoms with E-state index < -0.39 is 154 Å². The molecule has 0 spiro atoms. The number of hydrogen-bond acceptors (Lipinski definition) is 25. The third-order valence-electron chi connectivity index (χ3n) is 21.5. The summed E-state index contributed by atoms with van der Waals surface area (Å²) in [5, 5.41) is 75.2. The number of aromatic nitrogens is 6. The Kier molecular flexibility index (Phi) is 26.7. The van der Waals surface area contributed by atoms with Gasteiger partial charge in [0.25, 0.3) is 10.1 Å². The lowest BCUT2D eigenvalue weighted by molar-refractivity contribution is -0.318. The van der Waals surface area contributed by atoms with E-state index in [4.69, 9.17) is 42.1 Å². The van der Waals surface area contributed by atoms with Crippen molar-refractivity contribution in [2.75, 3.05) is 56.9 Å². The fourth-order valence-corrected chi connectivity index (χ4v) is 15.7. The largest absolute Gasteiger partial charge is 0.459 e. The van der Waals surface area contributed by atoms with Gasteiger partial charge >= 0.3 is 18.2 Å². The number of nitrogens with zero attached hydrogens (tertiary/aromatic N) is 10. The number of carbonyl (C=O) groups is 3. The van der Waals surface area contributed by atoms with Crippen molar-refractivity contribution in [2.24, 2.45) is 17.8 Å². The van der Waals surface area contributed by atoms with Crippen LogP contribution in [0.5, 0.6) is 0 Å². The van der Waals surface area contributed by atoms with Crippen molar-refractivity contribution in [2.45, 2.75) is 224 Å². The van der Waals surface area contributed by atoms with E-state index in [0.717, 1.165) is 11.8 Å². The molecule has 20 atom stereocenters. The molecule has 0 saturated carbocycles. The van der Waals surface area contributed by atoms with Crippen molar-refractivity contribution in [1.82, 2.24) is 39.8 Å². The average Bonchev–Trinajstić information content (AvgIpc) is 1.06. The molecule has 0 bridgehead atoms. The van der Waals surface area contributed by atoms with Crippen molar-refractivity contribution >= 4 is 39.6 Å². The predicted molar refractivity (Wildman–Crippen MR) is 391 cm³/mol. The maximum atomic E-state index is 15.8. The van der Waals surface area contributed by atoms with Gasteiger partial charge in [-0.25, -0.2) is 27.7 Å². The third-order valence-corrected chi connectivity index (χ3v) is 22.1. The van der Waals surface area contributed by atoms with Gasteiger partial charge in [0.15, 0.2) is 12.6 Å². The van der Waals surface area contributed by atoms with E-state index in [9.17, 15) is 52.7 Å². The maximum Gasteiger partial charge on any atom is 0.414 e. The summed E-state index contributed by atoms with van der Waals surface area (Å²) in [5.41, 5.74) is -0.361. The number of ether oxygens (including phenoxy) is 8. The van der Waals surface area contributed by atoms with Gasteiger partial charge in [0.05, 0.1) is 104 Å². The van der Waals surface area contributed by atoms with E-state index in [1.165, 1.54) is 48.4 Å². The molecule has 2 amide bonds. The Morgan fingerprint density at radius 2 is 1.24 bits per heavy atom. The van der Waals surface area contributed by atoms with Crippen molar-refractivity contribution in [3.63, 3.8) is 0 Å². The number of hydrogen-bond donors (Lipinski definition) is 5. The molecule has 5 fully saturated rings. The van der Waals surface area contributed by atoms with Gasteiger partial charge in [0.2, 0.25) is 0 Å². The number of carbonyl (C=O) groups excluding carboxylic acids is 3. The van der Waals surface area contributed by atoms with Crippen LogP contribution in [0.25, 0.3) is 22.3 Å². The van der Waals surface area contributed by atoms with Crippen LogP contribution in [0.1, 0.15) is 106 Å². The van der Waals surface area contributed by atoms with Crippen molar-refractivity contribution < 1.29 is 99.2 Å². The van der Waals surface area contributed by atoms with Crippen LogP contribution in [-0.4, -0.2) is 241 Å². The Hall–Kier alpha value is -7.54. The monoisotopic (exact) mass is 1530 g/mol. The minimum atomic E-state index is -3.54. The SMILES string of the molecule is CC[C@H]1OC(=O)[C@H](C)[C@@H](O[C@H]2C[C@@](C)(OC)[C@@H](O)[C@H](C)O2)[C@H](C)[C@@H](O[C@@H]2O[C@H](C)C[C@H](N(C)Cc3ccc(-c4ccc(N5C[C@H](Cn6ccnn6)OC5=O)cc4F)cc3)[C@H]2O)[C@](C)(O)C[C@@H](C)CN(C)[C@H](C)[C@@H](O)[C@]1(C)O.CS(=O)(=O)OCc1ccc(-c2ccc(N3C[C@H](Cn4ccnn4)OC3=O)cc2F)cc1. The van der Waals surface area contributed by atoms with Gasteiger partial charge < -0.3 is 68.3 Å². The Morgan fingerprint density at radius 1 is 0.704 bits per heavy atom. The third kappa shape index (κ3) is 19.8. The zero-order chi connectivity index (χ0) is 78.5. The minimum Gasteiger partial charge on any atom is -0.459 e. The second-order valence-electron chi connectivity index (χ2n) is 30.3. The van der Waals surface area contributed by atoms with E-state index in [0.29, 0.717) is 71.8 Å². The Balaban J connectivity index is 0.000000332. The van der Waals surface area contributed by atoms with Crippen LogP contribution in [0.15, 0.2) is 110 Å². The average molecular weight is 1530 g/mol. The standard InChI is InChI=1S/C56H85FN6O14.C20H19FN4O5S/c1-14-44-56(10,70)48(65)35(6)60(11)27-31(2)25-54(8,69)50(33(4)47(34(5)51(67)75-44)76-45-26-55(9,71-13)49(66)36(7)73-45)77-52-46(64)43(23-32(3)72-52)61(12)28-37-15-17-38(18-16-37)41-20-19-39(24-42(41)57)63-30-40(74-53(63)68)29-62-22-21-58-59-62;1-31(27,28)29-13-14-2-4-15(5-3-14)18-7-6-16(10-19(18)21)25-12-17(30-20(25)26)11-24-9-8-22-23-24/h15-22,24,31-36,40,43-50,52,64-66,69-70H,14,23,25-30H2,1-13H3;2-10,17H,11-13H2,1H3/t31-,32-,33+,34-,35-,36+,40+,43+,44-,45+,46-,47+,48-,49+,50-,52+,54-,55-,56-;17-/m10/s1. The molecule has 592 valence electrons. The predicted octanol–water partition coefficient (Wildman–Crippen LogP) is 7.48. The number of methoxy groups -OCH3 is 1. The lowest BCUT2D eigenvalue weighted by atomic mass is 9.77. The molecule has 29 nitrogen and oxygen atoms in total. The van der Waals surface area contributed by atoms with Crippen LogP contribution in [0.3, 0.4) is 0 Å². The van der Waals surface area contributed by atoms with Gasteiger partial charge in [0, 0.05) is 68.1 Å². The van der Waals surface area contributed by atoms with Crippen molar-refractivity contribution in [3.05, 3.63) is 132 Å². The highest BCUT2D eigenvalue weighted by atomic mass is 32.2. The first-order valence-corrected chi connectivity index (χ1v) is 38.3. The molecular weight excluding hydrogens is 1430 g/mol. The summed E-state index contributed by atoms with van der Waals surface area (Å²) in [4.78, 5) is 46.2. The quantitative estimate of drug-likeness (QED) is 0.0281. The molecule has 6 aromatic rings. The molecule has 32 heteroatoms. The van der Waals surface area contributed by atoms with Crippen LogP contribution in [0, 0.1) is 29.4 Å². The first-order valence-electron chi connectivity index (χ1n) is 36.5. The highest BCUT2D eigenvalue weighted by Gasteiger charge is 2.53. The smallest absolute Gasteiger partial charge is 0.414 e. The summed E-state index contributed by atoms with van der Waals surface area (Å²) in [5.74, 6) is -3.90. The maximum absolute atomic E-state index is 15.8. The lowest BCUT2D eigenvalue weighted by Gasteiger charge is -2.49. The fourth-order valence-electron chi connectivity index (χ4n) is 15.4. The molecule has 0 unspecified atom stereocenters. The number of aliphatic hydroxyl groups is 5. The van der Waals surface area contributed by atoms with Gasteiger partial charge in [-0.15, -0.1) is 10.2 Å². The van der Waals surface area contributed by atoms with Crippen LogP contribution in [0.4, 0.5) is 29.7 Å². The van der Waals surface area contributed by atoms with E-state index in [1.54, 1.807) is 119 Å². The Labute approximate surface area is 628 Å². The highest BCUT2D eigenvalue weighted by Crippen LogP contribution is 2.42. The van der Waals surface area contributed by atoms with Crippen molar-refractivity contribution in [1.29, 1.82) is 0 Å². The normalized spacial score (nSPS) is 32.7. The van der Waals surface area contributed by atoms with Gasteiger partial charge in [-0.1, -0.05) is 79.7 Å². The number of benzene rings is 4. The summed E-state index contributed by atoms with van der Waals surface area (Å²) >= 11 is 0. The molecule has 5 aliphatic rings. The van der Waals surface area contributed by atoms with Gasteiger partial charge in [-0.2, -0.15) is 8.42 Å². The molecule has 7 heterocycles. The summed E-state index contributed by atoms with van der Waals surface area (Å²) in [6.07, 6.45) is -4.14. The van der Waals surface area contributed by atoms with E-state index in [1.807, 2.05) is 62.0 Å². The summed E-state index contributed by atoms with van der Waals surface area (Å²) < 4.78 is 110. The number of rotatable bonds is 20. The number of cyclic esters (lactones) is 3. The van der Waals surface area contributed by atoms with Crippen LogP contribution < -0.4 is 9.80 Å². The van der Waals surface area contributed by atoms with Crippen molar-refractivity contribution in [3.8, 4) is 22.3 Å². The molecule has 5 saturated heterocycles. The topological polar surface area (TPSA) is 344 Å². The second-order valence-corrected chi connectivity index (χ2v) is 31.9. The number of aliphatic hydroxyl groups excluding tert-OH is 3. The second kappa shape index (κ2) is 34.8. The van der Waals surface area contributed by atoms with Gasteiger partial charge in [-0.05, 0) is 146 Å². The molecular formula is C76H104F2N10O19S. The first-order chi connectivity index (χ1) is 50.9. The van der Waals surface area contributed by atoms with Gasteiger partial charge in [-0.3, -0.25) is 23.7 Å². The molecule has 0 radical (unpaired) electrons. The molecule has 5 N–H and O–H groups in total. The first kappa shape index (κ1) is 82.9. The molecule has 4 aromatic carbocycles. The summed E-state index contributed by atoms with van der Waals surface area (Å²) in [6.45, 7) is 19.3. The number of halogens is 2. The van der Waals surface area contributed by atoms with Crippen LogP contribution in [0.2, 0.25) is 0 Å². The summed E-state index contributed by atoms with van der Waals surface area (Å²) in [6, 6.07) is 22.2. The zero-order valence-electron chi connectivity index (χ0n) is 63.6. The molecule has 5 aliphatic heterocycles. The lowest BCUT2D eigenvalue weighted by Crippen LogP contribution is -2.60. The molecule has 2 aromatic heterocycles. The number of esters is 1. The van der Waals surface area contributed by atoms with Gasteiger partial charge in [0.1, 0.15) is 53.9 Å². The Morgan fingerprint density at radius 3 is 1.73 bits per heavy atom. The molecule has 108 heavy (non-hydrogen) atoms. The van der Waals surface area contributed by atoms with E-state index >= 15 is 4.39 Å². The van der Waals surface area contributed by atoms with E-state index in [2.05, 4.69) is 20.6 Å². The van der Waals surface area contributed by atoms with Crippen LogP contribution in [-0.2, 0) is 83.2 Å². The molecule has 0 aliphatic carbocycles. The summed E-state index contributed by atoms with van der Waals surface area (Å²) in [7, 11) is 1.67. The number of likely N-dealkylation sites (N-methyl/N-ethyl adjacent to an activating group) is 2. The zero-order valence-corrected chi connectivity index (χ0v) is 64.4. The molecule has 11 rings (SSSR count). The fraction of sp³-hybridized carbons (Fsp3) is 0.592.